The van der Waals surface area contributed by atoms with E-state index in [0.29, 0.717) is 48.1 Å². The molecule has 3 aromatic rings. The fraction of sp³-hybridized carbons (Fsp3) is 0.471. The molecule has 2 heterocycles. The number of hydrogen-bond acceptors (Lipinski definition) is 10. The number of ether oxygens (including phenoxy) is 3. The molecule has 2 amide bonds. The van der Waals surface area contributed by atoms with Gasteiger partial charge in [0, 0.05) is 75.3 Å². The number of aryl methyl sites for hydroxylation is 1. The number of hydrogen-bond donors (Lipinski definition) is 3. The first kappa shape index (κ1) is 35.2. The number of benzene rings is 2. The Hall–Kier alpha value is -4.62. The molecule has 13 nitrogen and oxygen atoms in total. The van der Waals surface area contributed by atoms with E-state index in [0.717, 1.165) is 56.0 Å². The number of amides is 2. The van der Waals surface area contributed by atoms with Gasteiger partial charge in [0.25, 0.3) is 0 Å². The van der Waals surface area contributed by atoms with Gasteiger partial charge in [0.05, 0.1) is 26.5 Å². The number of piperazine rings is 1. The quantitative estimate of drug-likeness (QED) is 0.182. The molecule has 0 spiro atoms. The normalized spacial score (nSPS) is 14.2. The molecule has 0 bridgehead atoms. The number of aromatic nitrogens is 2. The van der Waals surface area contributed by atoms with Gasteiger partial charge in [-0.15, -0.1) is 0 Å². The van der Waals surface area contributed by atoms with Gasteiger partial charge in [-0.25, -0.2) is 14.7 Å². The smallest absolute Gasteiger partial charge is 0.417 e. The van der Waals surface area contributed by atoms with E-state index < -0.39 is 6.09 Å². The van der Waals surface area contributed by atoms with Crippen molar-refractivity contribution >= 4 is 35.1 Å². The lowest BCUT2D eigenvalue weighted by molar-refractivity contribution is -0.121. The summed E-state index contributed by atoms with van der Waals surface area (Å²) in [5.41, 5.74) is 1.82. The molecule has 1 aliphatic heterocycles. The molecular weight excluding hydrogens is 602 g/mol. The van der Waals surface area contributed by atoms with Crippen molar-refractivity contribution in [2.24, 2.45) is 0 Å². The van der Waals surface area contributed by atoms with Crippen molar-refractivity contribution in [1.82, 2.24) is 25.1 Å². The lowest BCUT2D eigenvalue weighted by Crippen LogP contribution is -2.44. The fourth-order valence-corrected chi connectivity index (χ4v) is 5.21. The average molecular weight is 650 g/mol. The van der Waals surface area contributed by atoms with Crippen LogP contribution in [0.1, 0.15) is 38.7 Å². The highest BCUT2D eigenvalue weighted by Crippen LogP contribution is 2.41. The van der Waals surface area contributed by atoms with Crippen LogP contribution in [0.3, 0.4) is 0 Å². The molecule has 1 aromatic heterocycles. The number of nitrogens with one attached hydrogen (secondary N) is 2. The summed E-state index contributed by atoms with van der Waals surface area (Å²) in [5, 5.41) is 16.3. The molecule has 47 heavy (non-hydrogen) atoms. The van der Waals surface area contributed by atoms with Crippen LogP contribution < -0.4 is 29.7 Å². The molecule has 2 aromatic carbocycles. The summed E-state index contributed by atoms with van der Waals surface area (Å²) < 4.78 is 17.3. The molecule has 0 saturated carbocycles. The minimum absolute atomic E-state index is 0.0410. The third-order valence-electron chi connectivity index (χ3n) is 8.06. The number of anilines is 4. The number of carboxylic acid groups (broad SMARTS) is 1. The molecule has 1 aliphatic rings. The Balaban J connectivity index is 1.47. The molecule has 1 saturated heterocycles. The second kappa shape index (κ2) is 17.3. The van der Waals surface area contributed by atoms with E-state index in [4.69, 9.17) is 14.2 Å². The molecule has 0 radical (unpaired) electrons. The zero-order valence-electron chi connectivity index (χ0n) is 28.0. The van der Waals surface area contributed by atoms with Gasteiger partial charge < -0.3 is 39.8 Å². The predicted octanol–water partition coefficient (Wildman–Crippen LogP) is 4.92. The number of carbonyl (C=O) groups is 2. The van der Waals surface area contributed by atoms with Crippen LogP contribution in [-0.2, 0) is 11.2 Å². The number of carbonyl (C=O) groups excluding carboxylic acids is 1. The number of nitrogens with zero attached hydrogens (tertiary/aromatic N) is 5. The van der Waals surface area contributed by atoms with Gasteiger partial charge in [0.2, 0.25) is 17.6 Å². The van der Waals surface area contributed by atoms with Crippen LogP contribution in [0.15, 0.2) is 48.7 Å². The summed E-state index contributed by atoms with van der Waals surface area (Å²) in [6, 6.07) is 12.2. The van der Waals surface area contributed by atoms with Gasteiger partial charge in [-0.1, -0.05) is 19.1 Å². The van der Waals surface area contributed by atoms with Crippen LogP contribution in [0.25, 0.3) is 0 Å². The van der Waals surface area contributed by atoms with Crippen LogP contribution in [0.2, 0.25) is 0 Å². The van der Waals surface area contributed by atoms with Crippen LogP contribution in [-0.4, -0.2) is 104 Å². The van der Waals surface area contributed by atoms with Crippen molar-refractivity contribution in [3.8, 4) is 17.2 Å². The minimum atomic E-state index is -1.21. The summed E-state index contributed by atoms with van der Waals surface area (Å²) in [5.74, 6) is 1.74. The number of rotatable bonds is 16. The summed E-state index contributed by atoms with van der Waals surface area (Å²) in [6.07, 6.45) is 2.76. The Morgan fingerprint density at radius 3 is 2.53 bits per heavy atom. The van der Waals surface area contributed by atoms with E-state index >= 15 is 0 Å². The van der Waals surface area contributed by atoms with E-state index in [1.807, 2.05) is 19.9 Å². The van der Waals surface area contributed by atoms with E-state index in [1.165, 1.54) is 12.3 Å². The van der Waals surface area contributed by atoms with Gasteiger partial charge in [-0.05, 0) is 50.9 Å². The lowest BCUT2D eigenvalue weighted by Gasteiger charge is -2.32. The molecule has 1 unspecified atom stereocenters. The maximum absolute atomic E-state index is 12.5. The highest BCUT2D eigenvalue weighted by Gasteiger charge is 2.21. The van der Waals surface area contributed by atoms with Gasteiger partial charge in [0.1, 0.15) is 5.82 Å². The molecule has 0 aliphatic carbocycles. The minimum Gasteiger partial charge on any atom is -0.493 e. The first-order chi connectivity index (χ1) is 22.7. The zero-order valence-corrected chi connectivity index (χ0v) is 28.0. The van der Waals surface area contributed by atoms with Gasteiger partial charge in [-0.3, -0.25) is 4.79 Å². The molecular formula is C34H47N7O6. The van der Waals surface area contributed by atoms with Crippen LogP contribution in [0, 0.1) is 0 Å². The average Bonchev–Trinajstić information content (AvgIpc) is 3.06. The summed E-state index contributed by atoms with van der Waals surface area (Å²) in [4.78, 5) is 39.4. The van der Waals surface area contributed by atoms with Crippen molar-refractivity contribution in [3.05, 3.63) is 54.2 Å². The van der Waals surface area contributed by atoms with Crippen LogP contribution in [0.5, 0.6) is 17.2 Å². The summed E-state index contributed by atoms with van der Waals surface area (Å²) in [6.45, 7) is 9.65. The molecule has 1 fully saturated rings. The van der Waals surface area contributed by atoms with E-state index in [9.17, 15) is 14.7 Å². The topological polar surface area (TPSA) is 142 Å². The molecule has 1 atom stereocenters. The molecule has 13 heteroatoms. The number of likely N-dealkylation sites (N-methyl/N-ethyl adjacent to an activating group) is 1. The maximum Gasteiger partial charge on any atom is 0.417 e. The Kier molecular flexibility index (Phi) is 13.0. The predicted molar refractivity (Wildman–Crippen MR) is 182 cm³/mol. The Bertz CT molecular complexity index is 1480. The van der Waals surface area contributed by atoms with E-state index in [2.05, 4.69) is 37.4 Å². The Morgan fingerprint density at radius 2 is 1.83 bits per heavy atom. The molecule has 254 valence electrons. The SMILES string of the molecule is CCC(C)NC(=O)CCc1cccc(N(C(=O)O)c2ccnc(Nc3cc(OC)c(OC)c(OCCCN4CCN(C)CC4)c3)n2)c1. The third-order valence-corrected chi connectivity index (χ3v) is 8.06. The first-order valence-corrected chi connectivity index (χ1v) is 16.0. The highest BCUT2D eigenvalue weighted by atomic mass is 16.5. The van der Waals surface area contributed by atoms with Gasteiger partial charge >= 0.3 is 6.09 Å². The first-order valence-electron chi connectivity index (χ1n) is 16.0. The fourth-order valence-electron chi connectivity index (χ4n) is 5.21. The summed E-state index contributed by atoms with van der Waals surface area (Å²) in [7, 11) is 5.25. The monoisotopic (exact) mass is 649 g/mol. The van der Waals surface area contributed by atoms with Crippen molar-refractivity contribution in [2.45, 2.75) is 45.6 Å². The van der Waals surface area contributed by atoms with Crippen molar-refractivity contribution in [1.29, 1.82) is 0 Å². The van der Waals surface area contributed by atoms with E-state index in [1.54, 1.807) is 44.6 Å². The highest BCUT2D eigenvalue weighted by molar-refractivity contribution is 5.94. The Labute approximate surface area is 276 Å². The second-order valence-electron chi connectivity index (χ2n) is 11.6. The number of methoxy groups -OCH3 is 2. The van der Waals surface area contributed by atoms with Crippen LogP contribution >= 0.6 is 0 Å². The maximum atomic E-state index is 12.5. The van der Waals surface area contributed by atoms with Crippen molar-refractivity contribution in [2.75, 3.05) is 70.8 Å². The zero-order chi connectivity index (χ0) is 33.8. The Morgan fingerprint density at radius 1 is 1.06 bits per heavy atom. The molecule has 3 N–H and O–H groups in total. The van der Waals surface area contributed by atoms with E-state index in [-0.39, 0.29) is 23.7 Å². The van der Waals surface area contributed by atoms with Crippen molar-refractivity contribution < 1.29 is 28.9 Å². The standard InChI is InChI=1S/C34H47N7O6/c1-6-24(2)36-31(42)12-11-25-9-7-10-27(21-25)41(34(43)44)30-13-14-35-33(38-30)37-26-22-28(45-4)32(46-5)29(23-26)47-20-8-15-40-18-16-39(3)17-19-40/h7,9-10,13-14,21-24H,6,8,11-12,15-20H2,1-5H3,(H,36,42)(H,43,44)(H,35,37,38). The lowest BCUT2D eigenvalue weighted by atomic mass is 10.1. The van der Waals surface area contributed by atoms with Gasteiger partial charge in [0.15, 0.2) is 11.5 Å². The van der Waals surface area contributed by atoms with Crippen molar-refractivity contribution in [3.63, 3.8) is 0 Å². The van der Waals surface area contributed by atoms with Gasteiger partial charge in [-0.2, -0.15) is 4.98 Å². The largest absolute Gasteiger partial charge is 0.493 e. The second-order valence-corrected chi connectivity index (χ2v) is 11.6. The molecule has 4 rings (SSSR count). The summed E-state index contributed by atoms with van der Waals surface area (Å²) >= 11 is 0. The third kappa shape index (κ3) is 10.2. The van der Waals surface area contributed by atoms with Crippen LogP contribution in [0.4, 0.5) is 27.9 Å².